The molecule has 0 fully saturated rings. The van der Waals surface area contributed by atoms with Crippen molar-refractivity contribution in [1.29, 1.82) is 0 Å². The van der Waals surface area contributed by atoms with Gasteiger partial charge in [-0.1, -0.05) is 13.8 Å². The van der Waals surface area contributed by atoms with Crippen molar-refractivity contribution in [1.82, 2.24) is 4.90 Å². The SMILES string of the molecule is CC(C)C(C(=O)O)N(CCO)CCO. The predicted molar refractivity (Wildman–Crippen MR) is 52.0 cm³/mol. The summed E-state index contributed by atoms with van der Waals surface area (Å²) in [6.07, 6.45) is 0. The Morgan fingerprint density at radius 3 is 1.86 bits per heavy atom. The summed E-state index contributed by atoms with van der Waals surface area (Å²) in [6, 6.07) is -0.644. The molecule has 0 heterocycles. The Labute approximate surface area is 84.0 Å². The molecule has 5 nitrogen and oxygen atoms in total. The molecule has 14 heavy (non-hydrogen) atoms. The summed E-state index contributed by atoms with van der Waals surface area (Å²) < 4.78 is 0. The van der Waals surface area contributed by atoms with Gasteiger partial charge < -0.3 is 15.3 Å². The van der Waals surface area contributed by atoms with E-state index in [0.29, 0.717) is 0 Å². The number of aliphatic hydroxyl groups excluding tert-OH is 2. The Hall–Kier alpha value is -0.650. The second-order valence-corrected chi connectivity index (χ2v) is 3.51. The molecular weight excluding hydrogens is 186 g/mol. The van der Waals surface area contributed by atoms with Crippen LogP contribution in [0, 0.1) is 5.92 Å². The van der Waals surface area contributed by atoms with Crippen LogP contribution in [-0.2, 0) is 4.79 Å². The summed E-state index contributed by atoms with van der Waals surface area (Å²) >= 11 is 0. The maximum absolute atomic E-state index is 10.9. The largest absolute Gasteiger partial charge is 0.480 e. The topological polar surface area (TPSA) is 81.0 Å². The summed E-state index contributed by atoms with van der Waals surface area (Å²) in [5.74, 6) is -0.965. The second-order valence-electron chi connectivity index (χ2n) is 3.51. The molecule has 0 aromatic heterocycles. The van der Waals surface area contributed by atoms with Crippen LogP contribution in [0.4, 0.5) is 0 Å². The highest BCUT2D eigenvalue weighted by Crippen LogP contribution is 2.10. The van der Waals surface area contributed by atoms with E-state index in [1.165, 1.54) is 0 Å². The minimum atomic E-state index is -0.915. The van der Waals surface area contributed by atoms with Crippen molar-refractivity contribution in [3.8, 4) is 0 Å². The van der Waals surface area contributed by atoms with E-state index >= 15 is 0 Å². The number of carbonyl (C=O) groups is 1. The van der Waals surface area contributed by atoms with Crippen LogP contribution in [-0.4, -0.2) is 58.5 Å². The second kappa shape index (κ2) is 6.75. The fourth-order valence-corrected chi connectivity index (χ4v) is 1.51. The van der Waals surface area contributed by atoms with Gasteiger partial charge in [-0.15, -0.1) is 0 Å². The highest BCUT2D eigenvalue weighted by Gasteiger charge is 2.27. The third-order valence-electron chi connectivity index (χ3n) is 2.05. The lowest BCUT2D eigenvalue weighted by atomic mass is 10.0. The lowest BCUT2D eigenvalue weighted by Gasteiger charge is -2.30. The van der Waals surface area contributed by atoms with Gasteiger partial charge in [0.15, 0.2) is 0 Å². The first kappa shape index (κ1) is 13.4. The molecule has 3 N–H and O–H groups in total. The molecule has 0 aliphatic heterocycles. The van der Waals surface area contributed by atoms with E-state index in [2.05, 4.69) is 0 Å². The fraction of sp³-hybridized carbons (Fsp3) is 0.889. The molecule has 0 amide bonds. The van der Waals surface area contributed by atoms with Crippen molar-refractivity contribution < 1.29 is 20.1 Å². The highest BCUT2D eigenvalue weighted by atomic mass is 16.4. The zero-order valence-corrected chi connectivity index (χ0v) is 8.68. The van der Waals surface area contributed by atoms with E-state index in [1.54, 1.807) is 18.7 Å². The molecule has 0 aliphatic rings. The van der Waals surface area contributed by atoms with E-state index in [1.807, 2.05) is 0 Å². The Kier molecular flexibility index (Phi) is 6.44. The van der Waals surface area contributed by atoms with Crippen LogP contribution in [0.3, 0.4) is 0 Å². The molecule has 0 saturated heterocycles. The predicted octanol–water partition coefficient (Wildman–Crippen LogP) is -0.618. The molecule has 0 spiro atoms. The molecule has 0 bridgehead atoms. The minimum absolute atomic E-state index is 0.0504. The summed E-state index contributed by atoms with van der Waals surface area (Å²) in [4.78, 5) is 12.5. The minimum Gasteiger partial charge on any atom is -0.480 e. The number of aliphatic carboxylic acids is 1. The van der Waals surface area contributed by atoms with Crippen LogP contribution in [0.2, 0.25) is 0 Å². The van der Waals surface area contributed by atoms with Crippen LogP contribution in [0.5, 0.6) is 0 Å². The summed E-state index contributed by atoms with van der Waals surface area (Å²) in [6.45, 7) is 3.96. The van der Waals surface area contributed by atoms with Crippen LogP contribution < -0.4 is 0 Å². The average molecular weight is 205 g/mol. The lowest BCUT2D eigenvalue weighted by molar-refractivity contribution is -0.145. The summed E-state index contributed by atoms with van der Waals surface area (Å²) in [5.41, 5.74) is 0. The fourth-order valence-electron chi connectivity index (χ4n) is 1.51. The maximum Gasteiger partial charge on any atom is 0.321 e. The van der Waals surface area contributed by atoms with Crippen molar-refractivity contribution in [3.63, 3.8) is 0 Å². The van der Waals surface area contributed by atoms with Crippen LogP contribution in [0.15, 0.2) is 0 Å². The van der Waals surface area contributed by atoms with Gasteiger partial charge in [0, 0.05) is 13.1 Å². The number of hydrogen-bond acceptors (Lipinski definition) is 4. The number of nitrogens with zero attached hydrogens (tertiary/aromatic N) is 1. The van der Waals surface area contributed by atoms with E-state index in [0.717, 1.165) is 0 Å². The molecule has 1 atom stereocenters. The quantitative estimate of drug-likeness (QED) is 0.516. The Balaban J connectivity index is 4.46. The molecule has 0 aliphatic carbocycles. The maximum atomic E-state index is 10.9. The van der Waals surface area contributed by atoms with Crippen LogP contribution in [0.1, 0.15) is 13.8 Å². The Bertz CT molecular complexity index is 166. The standard InChI is InChI=1S/C9H19NO4/c1-7(2)8(9(13)14)10(3-5-11)4-6-12/h7-8,11-12H,3-6H2,1-2H3,(H,13,14). The number of hydrogen-bond donors (Lipinski definition) is 3. The van der Waals surface area contributed by atoms with Gasteiger partial charge in [0.25, 0.3) is 0 Å². The summed E-state index contributed by atoms with van der Waals surface area (Å²) in [7, 11) is 0. The number of rotatable bonds is 7. The van der Waals surface area contributed by atoms with Crippen LogP contribution >= 0.6 is 0 Å². The van der Waals surface area contributed by atoms with Crippen molar-refractivity contribution in [2.75, 3.05) is 26.3 Å². The third kappa shape index (κ3) is 4.04. The van der Waals surface area contributed by atoms with Crippen LogP contribution in [0.25, 0.3) is 0 Å². The molecule has 0 rings (SSSR count). The van der Waals surface area contributed by atoms with E-state index < -0.39 is 12.0 Å². The first-order valence-electron chi connectivity index (χ1n) is 4.73. The van der Waals surface area contributed by atoms with Crippen molar-refractivity contribution in [3.05, 3.63) is 0 Å². The van der Waals surface area contributed by atoms with E-state index in [4.69, 9.17) is 15.3 Å². The molecule has 0 aromatic carbocycles. The smallest absolute Gasteiger partial charge is 0.321 e. The van der Waals surface area contributed by atoms with Crippen molar-refractivity contribution in [2.45, 2.75) is 19.9 Å². The third-order valence-corrected chi connectivity index (χ3v) is 2.05. The van der Waals surface area contributed by atoms with Gasteiger partial charge in [-0.2, -0.15) is 0 Å². The highest BCUT2D eigenvalue weighted by molar-refractivity contribution is 5.73. The van der Waals surface area contributed by atoms with Gasteiger partial charge in [0.2, 0.25) is 0 Å². The molecule has 0 saturated carbocycles. The molecule has 0 aromatic rings. The zero-order chi connectivity index (χ0) is 11.1. The van der Waals surface area contributed by atoms with E-state index in [-0.39, 0.29) is 32.2 Å². The molecular formula is C9H19NO4. The monoisotopic (exact) mass is 205 g/mol. The molecule has 0 radical (unpaired) electrons. The molecule has 84 valence electrons. The Morgan fingerprint density at radius 2 is 1.64 bits per heavy atom. The van der Waals surface area contributed by atoms with Crippen molar-refractivity contribution in [2.24, 2.45) is 5.92 Å². The first-order valence-corrected chi connectivity index (χ1v) is 4.73. The number of carboxylic acid groups (broad SMARTS) is 1. The first-order chi connectivity index (χ1) is 6.54. The normalized spacial score (nSPS) is 13.6. The number of carboxylic acids is 1. The lowest BCUT2D eigenvalue weighted by Crippen LogP contribution is -2.47. The van der Waals surface area contributed by atoms with Gasteiger partial charge in [0.1, 0.15) is 6.04 Å². The Morgan fingerprint density at radius 1 is 1.21 bits per heavy atom. The van der Waals surface area contributed by atoms with Gasteiger partial charge in [-0.25, -0.2) is 0 Å². The molecule has 1 unspecified atom stereocenters. The average Bonchev–Trinajstić information content (AvgIpc) is 2.03. The van der Waals surface area contributed by atoms with Gasteiger partial charge >= 0.3 is 5.97 Å². The van der Waals surface area contributed by atoms with Gasteiger partial charge in [-0.3, -0.25) is 9.69 Å². The van der Waals surface area contributed by atoms with Gasteiger partial charge in [-0.05, 0) is 5.92 Å². The molecule has 5 heteroatoms. The van der Waals surface area contributed by atoms with Gasteiger partial charge in [0.05, 0.1) is 13.2 Å². The van der Waals surface area contributed by atoms with E-state index in [9.17, 15) is 4.79 Å². The zero-order valence-electron chi connectivity index (χ0n) is 8.68. The van der Waals surface area contributed by atoms with Crippen molar-refractivity contribution >= 4 is 5.97 Å². The number of aliphatic hydroxyl groups is 2. The summed E-state index contributed by atoms with van der Waals surface area (Å²) in [5, 5.41) is 26.5.